The summed E-state index contributed by atoms with van der Waals surface area (Å²) in [5.41, 5.74) is 7.39. The van der Waals surface area contributed by atoms with Crippen molar-refractivity contribution in [1.82, 2.24) is 5.32 Å². The van der Waals surface area contributed by atoms with E-state index in [-0.39, 0.29) is 12.5 Å². The standard InChI is InChI=1S/C13H18N4O/c1-9(2)7-17-13(18)8-16-12-4-3-10(6-14)5-11(12)15/h3-5,9,16H,7-8,15H2,1-2H3,(H,17,18). The zero-order chi connectivity index (χ0) is 13.5. The fourth-order valence-corrected chi connectivity index (χ4v) is 1.35. The maximum absolute atomic E-state index is 11.5. The van der Waals surface area contributed by atoms with E-state index >= 15 is 0 Å². The summed E-state index contributed by atoms with van der Waals surface area (Å²) in [5.74, 6) is 0.349. The molecule has 5 nitrogen and oxygen atoms in total. The van der Waals surface area contributed by atoms with Crippen LogP contribution in [0.4, 0.5) is 11.4 Å². The van der Waals surface area contributed by atoms with Crippen LogP contribution >= 0.6 is 0 Å². The van der Waals surface area contributed by atoms with E-state index in [4.69, 9.17) is 11.0 Å². The van der Waals surface area contributed by atoms with E-state index in [0.29, 0.717) is 29.4 Å². The van der Waals surface area contributed by atoms with Crippen LogP contribution in [0.3, 0.4) is 0 Å². The monoisotopic (exact) mass is 246 g/mol. The number of rotatable bonds is 5. The quantitative estimate of drug-likeness (QED) is 0.683. The number of hydrogen-bond donors (Lipinski definition) is 3. The van der Waals surface area contributed by atoms with Crippen LogP contribution in [0.5, 0.6) is 0 Å². The molecule has 18 heavy (non-hydrogen) atoms. The average Bonchev–Trinajstić information content (AvgIpc) is 2.34. The van der Waals surface area contributed by atoms with Gasteiger partial charge in [-0.2, -0.15) is 5.26 Å². The number of hydrogen-bond acceptors (Lipinski definition) is 4. The molecule has 0 unspecified atom stereocenters. The van der Waals surface area contributed by atoms with Gasteiger partial charge in [0.25, 0.3) is 0 Å². The van der Waals surface area contributed by atoms with E-state index in [0.717, 1.165) is 0 Å². The summed E-state index contributed by atoms with van der Waals surface area (Å²) in [4.78, 5) is 11.5. The molecule has 0 aliphatic carbocycles. The van der Waals surface area contributed by atoms with Gasteiger partial charge in [0.15, 0.2) is 0 Å². The first kappa shape index (κ1) is 13.8. The third-order valence-corrected chi connectivity index (χ3v) is 2.33. The van der Waals surface area contributed by atoms with Gasteiger partial charge >= 0.3 is 0 Å². The van der Waals surface area contributed by atoms with Crippen LogP contribution in [0.15, 0.2) is 18.2 Å². The molecule has 1 aromatic rings. The summed E-state index contributed by atoms with van der Waals surface area (Å²) >= 11 is 0. The van der Waals surface area contributed by atoms with Crippen molar-refractivity contribution in [3.63, 3.8) is 0 Å². The minimum absolute atomic E-state index is 0.0764. The smallest absolute Gasteiger partial charge is 0.239 e. The Bertz CT molecular complexity index is 463. The van der Waals surface area contributed by atoms with Crippen molar-refractivity contribution in [2.45, 2.75) is 13.8 Å². The zero-order valence-corrected chi connectivity index (χ0v) is 10.7. The lowest BCUT2D eigenvalue weighted by molar-refractivity contribution is -0.119. The third-order valence-electron chi connectivity index (χ3n) is 2.33. The molecule has 0 aliphatic heterocycles. The molecule has 0 fully saturated rings. The van der Waals surface area contributed by atoms with Crippen molar-refractivity contribution in [3.05, 3.63) is 23.8 Å². The SMILES string of the molecule is CC(C)CNC(=O)CNc1ccc(C#N)cc1N. The number of nitrogens with one attached hydrogen (secondary N) is 2. The second-order valence-corrected chi connectivity index (χ2v) is 4.47. The van der Waals surface area contributed by atoms with Gasteiger partial charge < -0.3 is 16.4 Å². The number of anilines is 2. The first-order valence-electron chi connectivity index (χ1n) is 5.83. The Morgan fingerprint density at radius 1 is 1.50 bits per heavy atom. The largest absolute Gasteiger partial charge is 0.397 e. The highest BCUT2D eigenvalue weighted by Gasteiger charge is 2.04. The van der Waals surface area contributed by atoms with E-state index in [1.807, 2.05) is 19.9 Å². The Morgan fingerprint density at radius 3 is 2.78 bits per heavy atom. The minimum Gasteiger partial charge on any atom is -0.397 e. The molecule has 0 bridgehead atoms. The molecule has 0 saturated carbocycles. The van der Waals surface area contributed by atoms with Crippen LogP contribution < -0.4 is 16.4 Å². The lowest BCUT2D eigenvalue weighted by Gasteiger charge is -2.11. The topological polar surface area (TPSA) is 90.9 Å². The maximum atomic E-state index is 11.5. The average molecular weight is 246 g/mol. The van der Waals surface area contributed by atoms with Gasteiger partial charge in [-0.1, -0.05) is 13.8 Å². The molecule has 5 heteroatoms. The van der Waals surface area contributed by atoms with Crippen molar-refractivity contribution < 1.29 is 4.79 Å². The van der Waals surface area contributed by atoms with Crippen molar-refractivity contribution in [1.29, 1.82) is 5.26 Å². The van der Waals surface area contributed by atoms with Crippen LogP contribution in [0.1, 0.15) is 19.4 Å². The van der Waals surface area contributed by atoms with Crippen molar-refractivity contribution in [3.8, 4) is 6.07 Å². The van der Waals surface area contributed by atoms with Crippen LogP contribution in [0.2, 0.25) is 0 Å². The predicted molar refractivity (Wildman–Crippen MR) is 71.9 cm³/mol. The Labute approximate surface area is 107 Å². The highest BCUT2D eigenvalue weighted by atomic mass is 16.1. The summed E-state index contributed by atoms with van der Waals surface area (Å²) in [6.07, 6.45) is 0. The number of nitrogens with zero attached hydrogens (tertiary/aromatic N) is 1. The van der Waals surface area contributed by atoms with Crippen LogP contribution in [0.25, 0.3) is 0 Å². The Balaban J connectivity index is 2.49. The van der Waals surface area contributed by atoms with Crippen LogP contribution in [-0.2, 0) is 4.79 Å². The Kier molecular flexibility index (Phi) is 5.00. The predicted octanol–water partition coefficient (Wildman–Crippen LogP) is 1.32. The third kappa shape index (κ3) is 4.34. The van der Waals surface area contributed by atoms with Gasteiger partial charge in [-0.3, -0.25) is 4.79 Å². The molecular formula is C13H18N4O. The summed E-state index contributed by atoms with van der Waals surface area (Å²) in [5, 5.41) is 14.4. The number of carbonyl (C=O) groups excluding carboxylic acids is 1. The van der Waals surface area contributed by atoms with E-state index in [2.05, 4.69) is 10.6 Å². The molecule has 0 heterocycles. The molecule has 1 rings (SSSR count). The first-order valence-corrected chi connectivity index (χ1v) is 5.83. The highest BCUT2D eigenvalue weighted by molar-refractivity contribution is 5.82. The molecule has 4 N–H and O–H groups in total. The van der Waals surface area contributed by atoms with Gasteiger partial charge in [0.2, 0.25) is 5.91 Å². The molecule has 96 valence electrons. The fraction of sp³-hybridized carbons (Fsp3) is 0.385. The zero-order valence-electron chi connectivity index (χ0n) is 10.7. The summed E-state index contributed by atoms with van der Waals surface area (Å²) in [7, 11) is 0. The molecule has 0 atom stereocenters. The second kappa shape index (κ2) is 6.50. The van der Waals surface area contributed by atoms with Gasteiger partial charge in [0.1, 0.15) is 0 Å². The second-order valence-electron chi connectivity index (χ2n) is 4.47. The van der Waals surface area contributed by atoms with E-state index < -0.39 is 0 Å². The summed E-state index contributed by atoms with van der Waals surface area (Å²) in [6, 6.07) is 6.94. The lowest BCUT2D eigenvalue weighted by atomic mass is 10.2. The maximum Gasteiger partial charge on any atom is 0.239 e. The normalized spacial score (nSPS) is 9.89. The van der Waals surface area contributed by atoms with Crippen LogP contribution in [-0.4, -0.2) is 19.0 Å². The fourth-order valence-electron chi connectivity index (χ4n) is 1.35. The lowest BCUT2D eigenvalue weighted by Crippen LogP contribution is -2.32. The van der Waals surface area contributed by atoms with Gasteiger partial charge in [-0.05, 0) is 24.1 Å². The molecule has 0 spiro atoms. The number of benzene rings is 1. The summed E-state index contributed by atoms with van der Waals surface area (Å²) in [6.45, 7) is 4.89. The minimum atomic E-state index is -0.0764. The molecule has 0 aromatic heterocycles. The molecule has 1 aromatic carbocycles. The highest BCUT2D eigenvalue weighted by Crippen LogP contribution is 2.18. The molecule has 0 saturated heterocycles. The van der Waals surface area contributed by atoms with E-state index in [1.165, 1.54) is 0 Å². The van der Waals surface area contributed by atoms with Crippen molar-refractivity contribution >= 4 is 17.3 Å². The van der Waals surface area contributed by atoms with Gasteiger partial charge in [-0.15, -0.1) is 0 Å². The summed E-state index contributed by atoms with van der Waals surface area (Å²) < 4.78 is 0. The number of nitrogens with two attached hydrogens (primary N) is 1. The molecular weight excluding hydrogens is 228 g/mol. The number of nitriles is 1. The Morgan fingerprint density at radius 2 is 2.22 bits per heavy atom. The van der Waals surface area contributed by atoms with E-state index in [1.54, 1.807) is 18.2 Å². The van der Waals surface area contributed by atoms with Gasteiger partial charge in [-0.25, -0.2) is 0 Å². The van der Waals surface area contributed by atoms with Crippen molar-refractivity contribution in [2.24, 2.45) is 5.92 Å². The van der Waals surface area contributed by atoms with Gasteiger partial charge in [0.05, 0.1) is 29.6 Å². The van der Waals surface area contributed by atoms with Crippen molar-refractivity contribution in [2.75, 3.05) is 24.1 Å². The molecule has 1 amide bonds. The molecule has 0 radical (unpaired) electrons. The number of carbonyl (C=O) groups is 1. The van der Waals surface area contributed by atoms with E-state index in [9.17, 15) is 4.79 Å². The molecule has 0 aliphatic rings. The number of amides is 1. The van der Waals surface area contributed by atoms with Gasteiger partial charge in [0, 0.05) is 6.54 Å². The first-order chi connectivity index (χ1) is 8.52. The number of nitrogen functional groups attached to an aromatic ring is 1. The Hall–Kier alpha value is -2.22. The van der Waals surface area contributed by atoms with Crippen LogP contribution in [0, 0.1) is 17.2 Å².